The van der Waals surface area contributed by atoms with Gasteiger partial charge in [0.1, 0.15) is 0 Å². The molecule has 4 unspecified atom stereocenters. The summed E-state index contributed by atoms with van der Waals surface area (Å²) < 4.78 is 0. The van der Waals surface area contributed by atoms with Crippen molar-refractivity contribution in [1.29, 1.82) is 0 Å². The van der Waals surface area contributed by atoms with Crippen LogP contribution in [0.2, 0.25) is 0 Å². The van der Waals surface area contributed by atoms with Gasteiger partial charge in [-0.3, -0.25) is 10.1 Å². The number of hydrogen-bond acceptors (Lipinski definition) is 2. The summed E-state index contributed by atoms with van der Waals surface area (Å²) >= 11 is 0. The zero-order chi connectivity index (χ0) is 8.72. The lowest BCUT2D eigenvalue weighted by Crippen LogP contribution is -2.29. The van der Waals surface area contributed by atoms with Crippen LogP contribution in [0.15, 0.2) is 0 Å². The lowest BCUT2D eigenvalue weighted by molar-refractivity contribution is -0.529. The van der Waals surface area contributed by atoms with Gasteiger partial charge >= 0.3 is 0 Å². The second-order valence-electron chi connectivity index (χ2n) is 4.36. The summed E-state index contributed by atoms with van der Waals surface area (Å²) in [6, 6.07) is -0.305. The fourth-order valence-electron chi connectivity index (χ4n) is 3.04. The smallest absolute Gasteiger partial charge is 0.213 e. The molecule has 3 nitrogen and oxygen atoms in total. The second-order valence-corrected chi connectivity index (χ2v) is 4.36. The minimum Gasteiger partial charge on any atom is -0.264 e. The molecule has 2 saturated carbocycles. The highest BCUT2D eigenvalue weighted by molar-refractivity contribution is 4.91. The molecule has 0 radical (unpaired) electrons. The normalized spacial score (nSPS) is 41.6. The van der Waals surface area contributed by atoms with Gasteiger partial charge in [0.25, 0.3) is 0 Å². The first kappa shape index (κ1) is 8.02. The Morgan fingerprint density at radius 1 is 1.42 bits per heavy atom. The maximum atomic E-state index is 10.6. The van der Waals surface area contributed by atoms with Crippen LogP contribution in [0.4, 0.5) is 0 Å². The average Bonchev–Trinajstić information content (AvgIpc) is 2.62. The number of nitrogens with zero attached hydrogens (tertiary/aromatic N) is 1. The number of fused-ring (bicyclic) bond motifs is 2. The van der Waals surface area contributed by atoms with Gasteiger partial charge in [-0.2, -0.15) is 0 Å². The van der Waals surface area contributed by atoms with Crippen molar-refractivity contribution in [3.8, 4) is 0 Å². The molecule has 0 N–H and O–H groups in total. The molecular formula is C9H15NO2. The molecule has 0 aliphatic heterocycles. The third-order valence-electron chi connectivity index (χ3n) is 3.74. The van der Waals surface area contributed by atoms with E-state index in [1.807, 2.05) is 0 Å². The molecule has 2 aliphatic carbocycles. The minimum absolute atomic E-state index is 0.106. The van der Waals surface area contributed by atoms with E-state index in [9.17, 15) is 10.1 Å². The quantitative estimate of drug-likeness (QED) is 0.469. The Hall–Kier alpha value is -0.600. The Kier molecular flexibility index (Phi) is 1.81. The standard InChI is InChI=1S/C9H15NO2/c1-6(10(11)12)9-5-7-2-3-8(9)4-7/h6-9H,2-5H2,1H3. The molecule has 2 aliphatic rings. The predicted octanol–water partition coefficient (Wildman–Crippen LogP) is 2.09. The number of rotatable bonds is 2. The van der Waals surface area contributed by atoms with Gasteiger partial charge in [0, 0.05) is 17.8 Å². The Morgan fingerprint density at radius 3 is 2.58 bits per heavy atom. The first-order valence-electron chi connectivity index (χ1n) is 4.82. The second kappa shape index (κ2) is 2.71. The molecule has 0 spiro atoms. The molecule has 2 bridgehead atoms. The molecule has 0 aromatic heterocycles. The van der Waals surface area contributed by atoms with Crippen molar-refractivity contribution < 1.29 is 4.92 Å². The van der Waals surface area contributed by atoms with E-state index < -0.39 is 0 Å². The Morgan fingerprint density at radius 2 is 2.17 bits per heavy atom. The highest BCUT2D eigenvalue weighted by Crippen LogP contribution is 2.49. The van der Waals surface area contributed by atoms with Gasteiger partial charge in [-0.15, -0.1) is 0 Å². The zero-order valence-electron chi connectivity index (χ0n) is 7.40. The molecule has 0 saturated heterocycles. The first-order valence-corrected chi connectivity index (χ1v) is 4.82. The van der Waals surface area contributed by atoms with Gasteiger partial charge in [-0.1, -0.05) is 6.42 Å². The SMILES string of the molecule is CC(C1CC2CCC1C2)[N+](=O)[O-]. The van der Waals surface area contributed by atoms with Crippen LogP contribution >= 0.6 is 0 Å². The van der Waals surface area contributed by atoms with Gasteiger partial charge in [0.15, 0.2) is 0 Å². The lowest BCUT2D eigenvalue weighted by atomic mass is 9.84. The summed E-state index contributed by atoms with van der Waals surface area (Å²) in [4.78, 5) is 10.5. The first-order chi connectivity index (χ1) is 5.68. The monoisotopic (exact) mass is 169 g/mol. The molecular weight excluding hydrogens is 154 g/mol. The van der Waals surface area contributed by atoms with Crippen molar-refractivity contribution in [2.45, 2.75) is 38.6 Å². The van der Waals surface area contributed by atoms with Gasteiger partial charge < -0.3 is 0 Å². The van der Waals surface area contributed by atoms with Crippen molar-refractivity contribution >= 4 is 0 Å². The Labute approximate surface area is 72.3 Å². The molecule has 4 atom stereocenters. The molecule has 2 rings (SSSR count). The highest BCUT2D eigenvalue weighted by atomic mass is 16.6. The van der Waals surface area contributed by atoms with E-state index in [-0.39, 0.29) is 11.0 Å². The molecule has 0 aromatic carbocycles. The molecule has 0 amide bonds. The maximum absolute atomic E-state index is 10.6. The van der Waals surface area contributed by atoms with Gasteiger partial charge in [-0.25, -0.2) is 0 Å². The van der Waals surface area contributed by atoms with Crippen LogP contribution in [0.3, 0.4) is 0 Å². The highest BCUT2D eigenvalue weighted by Gasteiger charge is 2.45. The van der Waals surface area contributed by atoms with Crippen molar-refractivity contribution in [3.63, 3.8) is 0 Å². The minimum atomic E-state index is -0.305. The van der Waals surface area contributed by atoms with Crippen LogP contribution in [0, 0.1) is 27.9 Å². The molecule has 68 valence electrons. The number of hydrogen-bond donors (Lipinski definition) is 0. The third kappa shape index (κ3) is 1.11. The molecule has 3 heteroatoms. The van der Waals surface area contributed by atoms with E-state index in [1.165, 1.54) is 19.3 Å². The van der Waals surface area contributed by atoms with Gasteiger partial charge in [-0.05, 0) is 31.1 Å². The van der Waals surface area contributed by atoms with Crippen LogP contribution in [-0.4, -0.2) is 11.0 Å². The summed E-state index contributed by atoms with van der Waals surface area (Å²) in [6.07, 6.45) is 4.95. The summed E-state index contributed by atoms with van der Waals surface area (Å²) in [5, 5.41) is 10.6. The van der Waals surface area contributed by atoms with E-state index in [0.717, 1.165) is 12.3 Å². The molecule has 0 aromatic rings. The Bertz CT molecular complexity index is 205. The Balaban J connectivity index is 2.02. The van der Waals surface area contributed by atoms with E-state index in [4.69, 9.17) is 0 Å². The van der Waals surface area contributed by atoms with E-state index in [1.54, 1.807) is 6.92 Å². The van der Waals surface area contributed by atoms with E-state index >= 15 is 0 Å². The topological polar surface area (TPSA) is 43.1 Å². The molecule has 0 heterocycles. The summed E-state index contributed by atoms with van der Waals surface area (Å²) in [6.45, 7) is 1.77. The van der Waals surface area contributed by atoms with Crippen molar-refractivity contribution in [2.75, 3.05) is 0 Å². The average molecular weight is 169 g/mol. The van der Waals surface area contributed by atoms with Crippen LogP contribution in [0.1, 0.15) is 32.6 Å². The van der Waals surface area contributed by atoms with Crippen molar-refractivity contribution in [3.05, 3.63) is 10.1 Å². The van der Waals surface area contributed by atoms with Crippen LogP contribution in [0.5, 0.6) is 0 Å². The summed E-state index contributed by atoms with van der Waals surface area (Å²) in [7, 11) is 0. The van der Waals surface area contributed by atoms with Gasteiger partial charge in [0.05, 0.1) is 0 Å². The lowest BCUT2D eigenvalue weighted by Gasteiger charge is -2.21. The summed E-state index contributed by atoms with van der Waals surface area (Å²) in [5.41, 5.74) is 0. The van der Waals surface area contributed by atoms with Crippen LogP contribution in [0.25, 0.3) is 0 Å². The van der Waals surface area contributed by atoms with Crippen LogP contribution < -0.4 is 0 Å². The van der Waals surface area contributed by atoms with Crippen molar-refractivity contribution in [1.82, 2.24) is 0 Å². The van der Waals surface area contributed by atoms with Crippen LogP contribution in [-0.2, 0) is 0 Å². The van der Waals surface area contributed by atoms with E-state index in [0.29, 0.717) is 11.8 Å². The fourth-order valence-corrected chi connectivity index (χ4v) is 3.04. The van der Waals surface area contributed by atoms with E-state index in [2.05, 4.69) is 0 Å². The predicted molar refractivity (Wildman–Crippen MR) is 45.4 cm³/mol. The van der Waals surface area contributed by atoms with Crippen molar-refractivity contribution in [2.24, 2.45) is 17.8 Å². The fraction of sp³-hybridized carbons (Fsp3) is 1.00. The molecule has 12 heavy (non-hydrogen) atoms. The van der Waals surface area contributed by atoms with Gasteiger partial charge in [0.2, 0.25) is 6.04 Å². The zero-order valence-corrected chi connectivity index (χ0v) is 7.40. The maximum Gasteiger partial charge on any atom is 0.213 e. The molecule has 2 fully saturated rings. The summed E-state index contributed by atoms with van der Waals surface area (Å²) in [5.74, 6) is 1.89. The third-order valence-corrected chi connectivity index (χ3v) is 3.74. The largest absolute Gasteiger partial charge is 0.264 e. The number of nitro groups is 1.